The zero-order chi connectivity index (χ0) is 16.1. The van der Waals surface area contributed by atoms with Gasteiger partial charge >= 0.3 is 5.97 Å². The van der Waals surface area contributed by atoms with Crippen LogP contribution in [0.25, 0.3) is 0 Å². The number of carbonyl (C=O) groups is 1. The van der Waals surface area contributed by atoms with E-state index in [0.717, 1.165) is 3.58 Å². The van der Waals surface area contributed by atoms with Crippen LogP contribution in [0, 0.1) is 11.3 Å². The highest BCUT2D eigenvalue weighted by Gasteiger charge is 2.41. The molecular weight excluding hydrogens is 383 g/mol. The molecule has 1 heterocycles. The van der Waals surface area contributed by atoms with Crippen molar-refractivity contribution in [2.45, 2.75) is 52.7 Å². The van der Waals surface area contributed by atoms with Crippen molar-refractivity contribution in [3.05, 3.63) is 10.2 Å². The van der Waals surface area contributed by atoms with Gasteiger partial charge in [0.05, 0.1) is 26.2 Å². The summed E-state index contributed by atoms with van der Waals surface area (Å²) < 4.78 is 18.2. The molecule has 1 rings (SSSR count). The van der Waals surface area contributed by atoms with E-state index in [1.54, 1.807) is 0 Å². The second-order valence-corrected chi connectivity index (χ2v) is 7.89. The number of carbonyl (C=O) groups excluding carboxylic acids is 1. The molecule has 1 aliphatic rings. The van der Waals surface area contributed by atoms with Crippen LogP contribution in [0.5, 0.6) is 0 Å². The van der Waals surface area contributed by atoms with Gasteiger partial charge in [-0.25, -0.2) is 0 Å². The van der Waals surface area contributed by atoms with E-state index in [9.17, 15) is 4.79 Å². The Morgan fingerprint density at radius 2 is 1.95 bits per heavy atom. The number of rotatable bonds is 7. The molecule has 0 unspecified atom stereocenters. The Labute approximate surface area is 141 Å². The summed E-state index contributed by atoms with van der Waals surface area (Å²) in [4.78, 5) is 11.6. The minimum atomic E-state index is -0.699. The quantitative estimate of drug-likeness (QED) is 0.469. The lowest BCUT2D eigenvalue weighted by Crippen LogP contribution is -2.48. The van der Waals surface area contributed by atoms with Crippen molar-refractivity contribution in [2.75, 3.05) is 19.8 Å². The Bertz CT molecular complexity index is 368. The van der Waals surface area contributed by atoms with Gasteiger partial charge in [0.2, 0.25) is 0 Å². The van der Waals surface area contributed by atoms with Gasteiger partial charge in [0.15, 0.2) is 5.79 Å². The number of esters is 1. The zero-order valence-corrected chi connectivity index (χ0v) is 15.7. The molecule has 0 N–H and O–H groups in total. The van der Waals surface area contributed by atoms with E-state index in [0.29, 0.717) is 39.1 Å². The minimum absolute atomic E-state index is 0.0119. The third-order valence-corrected chi connectivity index (χ3v) is 4.68. The molecule has 0 aromatic heterocycles. The number of ether oxygens (including phenoxy) is 3. The number of hydrogen-bond donors (Lipinski definition) is 0. The molecule has 0 aromatic carbocycles. The summed E-state index contributed by atoms with van der Waals surface area (Å²) in [5.74, 6) is -0.626. The summed E-state index contributed by atoms with van der Waals surface area (Å²) in [6, 6.07) is 0. The molecule has 1 fully saturated rings. The molecule has 21 heavy (non-hydrogen) atoms. The summed E-state index contributed by atoms with van der Waals surface area (Å²) in [5, 5.41) is 0. The maximum Gasteiger partial charge on any atom is 0.305 e. The lowest BCUT2D eigenvalue weighted by molar-refractivity contribution is -0.307. The summed E-state index contributed by atoms with van der Waals surface area (Å²) in [5.41, 5.74) is 0.0119. The molecule has 0 radical (unpaired) electrons. The SMILES string of the molecule is C=C(I)[C@H](C)CC1(CCC(=O)OCC)OCC(C)(C)CO1. The average molecular weight is 410 g/mol. The van der Waals surface area contributed by atoms with Crippen LogP contribution in [-0.2, 0) is 19.0 Å². The fraction of sp³-hybridized carbons (Fsp3) is 0.812. The first kappa shape index (κ1) is 18.9. The Hall–Kier alpha value is -0.140. The van der Waals surface area contributed by atoms with Crippen LogP contribution in [0.4, 0.5) is 0 Å². The summed E-state index contributed by atoms with van der Waals surface area (Å²) in [7, 11) is 0. The highest BCUT2D eigenvalue weighted by molar-refractivity contribution is 14.1. The number of allylic oxidation sites excluding steroid dienone is 1. The molecule has 0 amide bonds. The monoisotopic (exact) mass is 410 g/mol. The van der Waals surface area contributed by atoms with E-state index < -0.39 is 5.79 Å². The Kier molecular flexibility index (Phi) is 7.13. The van der Waals surface area contributed by atoms with Gasteiger partial charge in [-0.1, -0.05) is 27.4 Å². The normalized spacial score (nSPS) is 21.6. The Morgan fingerprint density at radius 1 is 1.38 bits per heavy atom. The maximum atomic E-state index is 11.6. The summed E-state index contributed by atoms with van der Waals surface area (Å²) in [6.45, 7) is 13.8. The van der Waals surface area contributed by atoms with Crippen LogP contribution in [-0.4, -0.2) is 31.6 Å². The predicted molar refractivity (Wildman–Crippen MR) is 91.2 cm³/mol. The van der Waals surface area contributed by atoms with E-state index in [4.69, 9.17) is 14.2 Å². The molecule has 1 aliphatic heterocycles. The molecule has 0 bridgehead atoms. The highest BCUT2D eigenvalue weighted by Crippen LogP contribution is 2.38. The van der Waals surface area contributed by atoms with Crippen molar-refractivity contribution in [1.29, 1.82) is 0 Å². The Balaban J connectivity index is 2.70. The Morgan fingerprint density at radius 3 is 2.43 bits per heavy atom. The molecular formula is C16H27IO4. The van der Waals surface area contributed by atoms with E-state index >= 15 is 0 Å². The van der Waals surface area contributed by atoms with Gasteiger partial charge in [-0.15, -0.1) is 0 Å². The number of hydrogen-bond acceptors (Lipinski definition) is 4. The van der Waals surface area contributed by atoms with E-state index in [2.05, 4.69) is 49.9 Å². The molecule has 0 saturated carbocycles. The van der Waals surface area contributed by atoms with E-state index in [1.807, 2.05) is 6.92 Å². The van der Waals surface area contributed by atoms with Crippen molar-refractivity contribution in [3.63, 3.8) is 0 Å². The van der Waals surface area contributed by atoms with Crippen LogP contribution < -0.4 is 0 Å². The van der Waals surface area contributed by atoms with Crippen molar-refractivity contribution in [1.82, 2.24) is 0 Å². The minimum Gasteiger partial charge on any atom is -0.466 e. The standard InChI is InChI=1S/C16H27IO4/c1-6-19-14(18)7-8-16(9-12(2)13(3)17)20-10-15(4,5)11-21-16/h12H,3,6-11H2,1-2,4-5H3/t12-/m1/s1. The summed E-state index contributed by atoms with van der Waals surface area (Å²) >= 11 is 2.24. The van der Waals surface area contributed by atoms with Gasteiger partial charge in [0.25, 0.3) is 0 Å². The van der Waals surface area contributed by atoms with Crippen molar-refractivity contribution >= 4 is 28.6 Å². The van der Waals surface area contributed by atoms with Gasteiger partial charge in [-0.2, -0.15) is 0 Å². The maximum absolute atomic E-state index is 11.6. The van der Waals surface area contributed by atoms with E-state index in [1.165, 1.54) is 0 Å². The third-order valence-electron chi connectivity index (χ3n) is 3.62. The molecule has 122 valence electrons. The van der Waals surface area contributed by atoms with Gasteiger partial charge in [0.1, 0.15) is 0 Å². The second kappa shape index (κ2) is 7.92. The van der Waals surface area contributed by atoms with Crippen LogP contribution in [0.2, 0.25) is 0 Å². The molecule has 0 aromatic rings. The van der Waals surface area contributed by atoms with Crippen LogP contribution in [0.15, 0.2) is 10.2 Å². The highest BCUT2D eigenvalue weighted by atomic mass is 127. The van der Waals surface area contributed by atoms with Crippen molar-refractivity contribution < 1.29 is 19.0 Å². The van der Waals surface area contributed by atoms with E-state index in [-0.39, 0.29) is 17.3 Å². The largest absolute Gasteiger partial charge is 0.466 e. The average Bonchev–Trinajstić information content (AvgIpc) is 2.40. The zero-order valence-electron chi connectivity index (χ0n) is 13.5. The van der Waals surface area contributed by atoms with Gasteiger partial charge in [-0.05, 0) is 39.0 Å². The first-order chi connectivity index (χ1) is 9.70. The van der Waals surface area contributed by atoms with Gasteiger partial charge in [0, 0.05) is 18.3 Å². The van der Waals surface area contributed by atoms with Crippen LogP contribution in [0.3, 0.4) is 0 Å². The molecule has 0 aliphatic carbocycles. The van der Waals surface area contributed by atoms with Crippen LogP contribution >= 0.6 is 22.6 Å². The topological polar surface area (TPSA) is 44.8 Å². The molecule has 1 atom stereocenters. The smallest absolute Gasteiger partial charge is 0.305 e. The predicted octanol–water partition coefficient (Wildman–Crippen LogP) is 4.07. The molecule has 0 spiro atoms. The van der Waals surface area contributed by atoms with Gasteiger partial charge < -0.3 is 14.2 Å². The molecule has 1 saturated heterocycles. The first-order valence-electron chi connectivity index (χ1n) is 7.47. The number of halogens is 1. The first-order valence-corrected chi connectivity index (χ1v) is 8.55. The summed E-state index contributed by atoms with van der Waals surface area (Å²) in [6.07, 6.45) is 1.55. The lowest BCUT2D eigenvalue weighted by Gasteiger charge is -2.44. The fourth-order valence-corrected chi connectivity index (χ4v) is 2.42. The fourth-order valence-electron chi connectivity index (χ4n) is 2.20. The second-order valence-electron chi connectivity index (χ2n) is 6.51. The molecule has 5 heteroatoms. The van der Waals surface area contributed by atoms with Gasteiger partial charge in [-0.3, -0.25) is 4.79 Å². The van der Waals surface area contributed by atoms with Crippen molar-refractivity contribution in [3.8, 4) is 0 Å². The lowest BCUT2D eigenvalue weighted by atomic mass is 9.91. The third kappa shape index (κ3) is 6.24. The molecule has 4 nitrogen and oxygen atoms in total. The van der Waals surface area contributed by atoms with Crippen LogP contribution in [0.1, 0.15) is 47.0 Å². The van der Waals surface area contributed by atoms with Crippen molar-refractivity contribution in [2.24, 2.45) is 11.3 Å².